The Kier molecular flexibility index (Phi) is 11.6. The van der Waals surface area contributed by atoms with Crippen molar-refractivity contribution in [1.29, 1.82) is 5.26 Å². The fraction of sp³-hybridized carbons (Fsp3) is 0.114. The topological polar surface area (TPSA) is 171 Å². The molecule has 0 amide bonds. The first-order chi connectivity index (χ1) is 24.4. The van der Waals surface area contributed by atoms with Crippen molar-refractivity contribution >= 4 is 53.1 Å². The van der Waals surface area contributed by atoms with Gasteiger partial charge >= 0.3 is 0 Å². The van der Waals surface area contributed by atoms with Crippen LogP contribution in [0.25, 0.3) is 0 Å². The van der Waals surface area contributed by atoms with Crippen molar-refractivity contribution in [3.05, 3.63) is 141 Å². The van der Waals surface area contributed by atoms with Gasteiger partial charge in [0.2, 0.25) is 20.0 Å². The SMILES string of the molecule is CS(=O)(=O)c1cccc(CN(Cc2cc(CNS(=O)(=O)c3cccc(C#N)c3)cc(Oc3ccc(F)cc3)c2)S(=O)(=O)c2cc(Cl)cc(Cl)c2O)c1. The zero-order valence-corrected chi connectivity index (χ0v) is 31.0. The number of phenolic OH excluding ortho intramolecular Hbond substituents is 1. The molecule has 0 spiro atoms. The van der Waals surface area contributed by atoms with Crippen molar-refractivity contribution in [2.45, 2.75) is 34.3 Å². The zero-order chi connectivity index (χ0) is 37.8. The van der Waals surface area contributed by atoms with Gasteiger partial charge in [0.15, 0.2) is 15.6 Å². The van der Waals surface area contributed by atoms with Crippen LogP contribution in [0.2, 0.25) is 10.0 Å². The Morgan fingerprint density at radius 3 is 2.13 bits per heavy atom. The number of hydrogen-bond donors (Lipinski definition) is 2. The lowest BCUT2D eigenvalue weighted by atomic mass is 10.1. The number of ether oxygens (including phenoxy) is 1. The number of rotatable bonds is 13. The summed E-state index contributed by atoms with van der Waals surface area (Å²) in [6.45, 7) is -1.12. The summed E-state index contributed by atoms with van der Waals surface area (Å²) >= 11 is 12.2. The van der Waals surface area contributed by atoms with E-state index in [9.17, 15) is 40.0 Å². The number of phenols is 1. The van der Waals surface area contributed by atoms with E-state index in [-0.39, 0.29) is 54.6 Å². The molecule has 0 fully saturated rings. The Labute approximate surface area is 310 Å². The van der Waals surface area contributed by atoms with E-state index in [0.717, 1.165) is 22.7 Å². The third kappa shape index (κ3) is 9.46. The lowest BCUT2D eigenvalue weighted by Crippen LogP contribution is -2.30. The highest BCUT2D eigenvalue weighted by Gasteiger charge is 2.30. The van der Waals surface area contributed by atoms with Crippen LogP contribution in [0.1, 0.15) is 22.3 Å². The number of halogens is 3. The average Bonchev–Trinajstić information content (AvgIpc) is 3.09. The molecule has 0 radical (unpaired) electrons. The van der Waals surface area contributed by atoms with E-state index in [1.165, 1.54) is 91.0 Å². The molecule has 0 aliphatic heterocycles. The third-order valence-corrected chi connectivity index (χ3v) is 12.3. The minimum absolute atomic E-state index is 0.0550. The van der Waals surface area contributed by atoms with Gasteiger partial charge in [0.05, 0.1) is 26.4 Å². The molecule has 0 saturated carbocycles. The van der Waals surface area contributed by atoms with E-state index in [0.29, 0.717) is 5.56 Å². The maximum absolute atomic E-state index is 14.3. The van der Waals surface area contributed by atoms with Crippen LogP contribution in [-0.2, 0) is 49.5 Å². The van der Waals surface area contributed by atoms with E-state index in [1.807, 2.05) is 6.07 Å². The van der Waals surface area contributed by atoms with Gasteiger partial charge in [0.25, 0.3) is 0 Å². The molecule has 5 rings (SSSR count). The summed E-state index contributed by atoms with van der Waals surface area (Å²) in [5, 5.41) is 19.5. The minimum Gasteiger partial charge on any atom is -0.505 e. The molecule has 5 aromatic carbocycles. The highest BCUT2D eigenvalue weighted by molar-refractivity contribution is 7.90. The van der Waals surface area contributed by atoms with Gasteiger partial charge in [0.1, 0.15) is 22.2 Å². The van der Waals surface area contributed by atoms with E-state index >= 15 is 0 Å². The smallest absolute Gasteiger partial charge is 0.247 e. The lowest BCUT2D eigenvalue weighted by Gasteiger charge is -2.24. The van der Waals surface area contributed by atoms with Crippen molar-refractivity contribution < 1.29 is 39.5 Å². The maximum atomic E-state index is 14.3. The summed E-state index contributed by atoms with van der Waals surface area (Å²) in [5.74, 6) is -0.916. The van der Waals surface area contributed by atoms with Crippen molar-refractivity contribution in [2.24, 2.45) is 0 Å². The van der Waals surface area contributed by atoms with Crippen LogP contribution in [-0.4, -0.2) is 40.9 Å². The predicted molar refractivity (Wildman–Crippen MR) is 192 cm³/mol. The largest absolute Gasteiger partial charge is 0.505 e. The van der Waals surface area contributed by atoms with Crippen LogP contribution >= 0.6 is 23.2 Å². The number of nitrogens with zero attached hydrogens (tertiary/aromatic N) is 2. The summed E-state index contributed by atoms with van der Waals surface area (Å²) in [5.41, 5.74) is 1.01. The molecule has 0 aliphatic rings. The van der Waals surface area contributed by atoms with Gasteiger partial charge in [-0.1, -0.05) is 47.5 Å². The minimum atomic E-state index is -4.64. The summed E-state index contributed by atoms with van der Waals surface area (Å²) < 4.78 is 102. The first kappa shape index (κ1) is 38.7. The molecular weight excluding hydrogens is 777 g/mol. The van der Waals surface area contributed by atoms with Gasteiger partial charge in [-0.2, -0.15) is 9.57 Å². The molecular formula is C35H28Cl2FN3O8S3. The number of aromatic hydroxyl groups is 1. The van der Waals surface area contributed by atoms with Crippen LogP contribution < -0.4 is 9.46 Å². The zero-order valence-electron chi connectivity index (χ0n) is 27.0. The molecule has 5 aromatic rings. The van der Waals surface area contributed by atoms with Gasteiger partial charge in [-0.15, -0.1) is 0 Å². The number of sulfonamides is 2. The van der Waals surface area contributed by atoms with Gasteiger partial charge in [-0.25, -0.2) is 34.4 Å². The second-order valence-electron chi connectivity index (χ2n) is 11.4. The molecule has 0 unspecified atom stereocenters. The number of nitriles is 1. The molecule has 52 heavy (non-hydrogen) atoms. The monoisotopic (exact) mass is 803 g/mol. The van der Waals surface area contributed by atoms with Crippen LogP contribution in [0.4, 0.5) is 4.39 Å². The molecule has 0 heterocycles. The molecule has 0 bridgehead atoms. The Bertz CT molecular complexity index is 2530. The molecule has 0 saturated heterocycles. The molecule has 17 heteroatoms. The summed E-state index contributed by atoms with van der Waals surface area (Å²) in [4.78, 5) is -0.824. The van der Waals surface area contributed by atoms with E-state index in [1.54, 1.807) is 0 Å². The summed E-state index contributed by atoms with van der Waals surface area (Å²) in [6, 6.07) is 24.7. The fourth-order valence-electron chi connectivity index (χ4n) is 5.00. The maximum Gasteiger partial charge on any atom is 0.247 e. The Morgan fingerprint density at radius 2 is 1.44 bits per heavy atom. The standard InChI is InChI=1S/C35H28Cl2FN3O8S3/c1-50(43,44)31-6-3-5-24(16-31)21-41(52(47,48)34-18-27(36)17-33(37)35(34)42)22-26-12-25(13-30(14-26)49-29-10-8-28(38)9-11-29)20-40-51(45,46)32-7-2-4-23(15-32)19-39/h2-18,40,42H,20-22H2,1H3. The first-order valence-corrected chi connectivity index (χ1v) is 20.5. The fourth-order valence-corrected chi connectivity index (χ4v) is 8.91. The quantitative estimate of drug-likeness (QED) is 0.130. The van der Waals surface area contributed by atoms with Crippen molar-refractivity contribution in [3.8, 4) is 23.3 Å². The van der Waals surface area contributed by atoms with E-state index in [2.05, 4.69) is 4.72 Å². The average molecular weight is 805 g/mol. The van der Waals surface area contributed by atoms with Crippen LogP contribution in [0.3, 0.4) is 0 Å². The molecule has 0 aliphatic carbocycles. The summed E-state index contributed by atoms with van der Waals surface area (Å²) in [7, 11) is -12.4. The summed E-state index contributed by atoms with van der Waals surface area (Å²) in [6.07, 6.45) is 1.01. The van der Waals surface area contributed by atoms with Gasteiger partial charge < -0.3 is 9.84 Å². The molecule has 270 valence electrons. The van der Waals surface area contributed by atoms with Crippen LogP contribution in [0.15, 0.2) is 118 Å². The normalized spacial score (nSPS) is 12.1. The number of nitrogens with one attached hydrogen (secondary N) is 1. The Balaban J connectivity index is 1.58. The van der Waals surface area contributed by atoms with Gasteiger partial charge in [-0.3, -0.25) is 0 Å². The second-order valence-corrected chi connectivity index (χ2v) is 18.0. The van der Waals surface area contributed by atoms with Gasteiger partial charge in [0, 0.05) is 30.9 Å². The van der Waals surface area contributed by atoms with Crippen LogP contribution in [0.5, 0.6) is 17.2 Å². The van der Waals surface area contributed by atoms with Crippen molar-refractivity contribution in [3.63, 3.8) is 0 Å². The first-order valence-electron chi connectivity index (χ1n) is 15.0. The third-order valence-electron chi connectivity index (χ3n) is 7.47. The highest BCUT2D eigenvalue weighted by atomic mass is 35.5. The lowest BCUT2D eigenvalue weighted by molar-refractivity contribution is 0.393. The number of sulfone groups is 1. The molecule has 0 atom stereocenters. The van der Waals surface area contributed by atoms with Crippen molar-refractivity contribution in [1.82, 2.24) is 9.03 Å². The molecule has 0 aromatic heterocycles. The predicted octanol–water partition coefficient (Wildman–Crippen LogP) is 6.78. The second kappa shape index (κ2) is 15.6. The Morgan fingerprint density at radius 1 is 0.788 bits per heavy atom. The molecule has 2 N–H and O–H groups in total. The molecule has 11 nitrogen and oxygen atoms in total. The highest BCUT2D eigenvalue weighted by Crippen LogP contribution is 2.37. The van der Waals surface area contributed by atoms with Crippen molar-refractivity contribution in [2.75, 3.05) is 6.26 Å². The van der Waals surface area contributed by atoms with E-state index in [4.69, 9.17) is 27.9 Å². The number of benzene rings is 5. The Hall–Kier alpha value is -4.53. The van der Waals surface area contributed by atoms with E-state index < -0.39 is 59.4 Å². The van der Waals surface area contributed by atoms with Gasteiger partial charge in [-0.05, 0) is 95.6 Å². The van der Waals surface area contributed by atoms with Crippen LogP contribution in [0, 0.1) is 17.1 Å². The number of hydrogen-bond acceptors (Lipinski definition) is 9.